The first kappa shape index (κ1) is 13.8. The monoisotopic (exact) mass is 277 g/mol. The Morgan fingerprint density at radius 1 is 1.42 bits per heavy atom. The lowest BCUT2D eigenvalue weighted by Gasteiger charge is -2.19. The van der Waals surface area contributed by atoms with Crippen molar-refractivity contribution in [2.24, 2.45) is 5.73 Å². The van der Waals surface area contributed by atoms with Crippen LogP contribution < -0.4 is 16.0 Å². The Labute approximate surface area is 119 Å². The maximum atomic E-state index is 11.6. The van der Waals surface area contributed by atoms with Crippen molar-refractivity contribution in [3.8, 4) is 0 Å². The van der Waals surface area contributed by atoms with E-state index in [2.05, 4.69) is 10.2 Å². The van der Waals surface area contributed by atoms with E-state index in [9.17, 15) is 4.79 Å². The largest absolute Gasteiger partial charge is 0.389 e. The molecule has 4 nitrogen and oxygen atoms in total. The Bertz CT molecular complexity index is 468. The van der Waals surface area contributed by atoms with Crippen molar-refractivity contribution in [1.82, 2.24) is 5.32 Å². The molecule has 0 aromatic heterocycles. The summed E-state index contributed by atoms with van der Waals surface area (Å²) in [4.78, 5) is 14.1. The molecule has 0 bridgehead atoms. The van der Waals surface area contributed by atoms with Crippen molar-refractivity contribution >= 4 is 28.8 Å². The Morgan fingerprint density at radius 3 is 2.58 bits per heavy atom. The summed E-state index contributed by atoms with van der Waals surface area (Å²) in [7, 11) is 1.97. The second-order valence-corrected chi connectivity index (χ2v) is 5.36. The highest BCUT2D eigenvalue weighted by atomic mass is 32.1. The number of nitrogens with two attached hydrogens (primary N) is 1. The molecule has 1 aromatic carbocycles. The van der Waals surface area contributed by atoms with Gasteiger partial charge in [0.05, 0.1) is 0 Å². The summed E-state index contributed by atoms with van der Waals surface area (Å²) in [5.41, 5.74) is 7.47. The number of carbonyl (C=O) groups is 1. The predicted molar refractivity (Wildman–Crippen MR) is 81.4 cm³/mol. The Hall–Kier alpha value is -1.62. The van der Waals surface area contributed by atoms with Gasteiger partial charge in [0.2, 0.25) is 5.91 Å². The predicted octanol–water partition coefficient (Wildman–Crippen LogP) is 1.43. The third-order valence-corrected chi connectivity index (χ3v) is 3.45. The molecule has 3 N–H and O–H groups in total. The van der Waals surface area contributed by atoms with Crippen LogP contribution in [0.15, 0.2) is 24.3 Å². The van der Waals surface area contributed by atoms with Crippen LogP contribution >= 0.6 is 12.2 Å². The third kappa shape index (κ3) is 4.21. The minimum Gasteiger partial charge on any atom is -0.389 e. The maximum absolute atomic E-state index is 11.6. The molecule has 0 saturated heterocycles. The van der Waals surface area contributed by atoms with Crippen molar-refractivity contribution in [2.45, 2.75) is 25.3 Å². The molecule has 0 unspecified atom stereocenters. The smallest absolute Gasteiger partial charge is 0.221 e. The topological polar surface area (TPSA) is 58.4 Å². The lowest BCUT2D eigenvalue weighted by atomic mass is 10.2. The summed E-state index contributed by atoms with van der Waals surface area (Å²) in [6, 6.07) is 8.17. The van der Waals surface area contributed by atoms with E-state index in [0.29, 0.717) is 24.0 Å². The summed E-state index contributed by atoms with van der Waals surface area (Å²) < 4.78 is 0. The molecular weight excluding hydrogens is 258 g/mol. The van der Waals surface area contributed by atoms with Gasteiger partial charge in [-0.25, -0.2) is 0 Å². The number of nitrogens with zero attached hydrogens (tertiary/aromatic N) is 1. The van der Waals surface area contributed by atoms with Gasteiger partial charge in [0.1, 0.15) is 4.99 Å². The molecule has 102 valence electrons. The quantitative estimate of drug-likeness (QED) is 0.772. The molecule has 1 amide bonds. The minimum atomic E-state index is 0.133. The Balaban J connectivity index is 1.82. The summed E-state index contributed by atoms with van der Waals surface area (Å²) in [5, 5.41) is 2.99. The van der Waals surface area contributed by atoms with E-state index in [0.717, 1.165) is 24.1 Å². The van der Waals surface area contributed by atoms with Gasteiger partial charge in [-0.2, -0.15) is 0 Å². The summed E-state index contributed by atoms with van der Waals surface area (Å²) in [5.74, 6) is 0.133. The van der Waals surface area contributed by atoms with Crippen molar-refractivity contribution in [2.75, 3.05) is 18.5 Å². The van der Waals surface area contributed by atoms with E-state index >= 15 is 0 Å². The molecule has 0 spiro atoms. The van der Waals surface area contributed by atoms with Gasteiger partial charge in [0.25, 0.3) is 0 Å². The van der Waals surface area contributed by atoms with Gasteiger partial charge in [-0.3, -0.25) is 4.79 Å². The first-order valence-corrected chi connectivity index (χ1v) is 6.87. The lowest BCUT2D eigenvalue weighted by molar-refractivity contribution is -0.121. The van der Waals surface area contributed by atoms with E-state index in [-0.39, 0.29) is 5.91 Å². The molecule has 19 heavy (non-hydrogen) atoms. The summed E-state index contributed by atoms with van der Waals surface area (Å²) in [6.07, 6.45) is 2.77. The molecule has 1 fully saturated rings. The summed E-state index contributed by atoms with van der Waals surface area (Å²) >= 11 is 4.91. The van der Waals surface area contributed by atoms with Crippen LogP contribution in [0, 0.1) is 0 Å². The van der Waals surface area contributed by atoms with Gasteiger partial charge in [-0.1, -0.05) is 12.2 Å². The zero-order valence-electron chi connectivity index (χ0n) is 11.1. The highest BCUT2D eigenvalue weighted by molar-refractivity contribution is 7.80. The Kier molecular flexibility index (Phi) is 4.37. The molecule has 1 saturated carbocycles. The normalized spacial score (nSPS) is 13.9. The van der Waals surface area contributed by atoms with Gasteiger partial charge < -0.3 is 16.0 Å². The highest BCUT2D eigenvalue weighted by Gasteiger charge is 2.22. The van der Waals surface area contributed by atoms with Crippen molar-refractivity contribution < 1.29 is 4.79 Å². The second-order valence-electron chi connectivity index (χ2n) is 4.92. The van der Waals surface area contributed by atoms with Crippen LogP contribution in [0.3, 0.4) is 0 Å². The molecule has 0 aliphatic heterocycles. The number of amides is 1. The van der Waals surface area contributed by atoms with Crippen LogP contribution in [0.1, 0.15) is 24.8 Å². The molecule has 0 heterocycles. The maximum Gasteiger partial charge on any atom is 0.221 e. The first-order chi connectivity index (χ1) is 9.06. The number of carbonyl (C=O) groups excluding carboxylic acids is 1. The van der Waals surface area contributed by atoms with E-state index < -0.39 is 0 Å². The molecule has 1 aromatic rings. The molecule has 0 radical (unpaired) electrons. The van der Waals surface area contributed by atoms with Crippen molar-refractivity contribution in [3.05, 3.63) is 29.8 Å². The van der Waals surface area contributed by atoms with Crippen molar-refractivity contribution in [1.29, 1.82) is 0 Å². The highest BCUT2D eigenvalue weighted by Crippen LogP contribution is 2.19. The molecule has 2 rings (SSSR count). The van der Waals surface area contributed by atoms with Gasteiger partial charge in [-0.15, -0.1) is 0 Å². The van der Waals surface area contributed by atoms with Gasteiger partial charge in [0, 0.05) is 37.3 Å². The fourth-order valence-electron chi connectivity index (χ4n) is 1.81. The van der Waals surface area contributed by atoms with Crippen LogP contribution in [0.25, 0.3) is 0 Å². The van der Waals surface area contributed by atoms with Gasteiger partial charge >= 0.3 is 0 Å². The zero-order chi connectivity index (χ0) is 13.8. The van der Waals surface area contributed by atoms with Crippen LogP contribution in [-0.4, -0.2) is 30.5 Å². The average molecular weight is 277 g/mol. The summed E-state index contributed by atoms with van der Waals surface area (Å²) in [6.45, 7) is 0.699. The van der Waals surface area contributed by atoms with Crippen LogP contribution in [0.5, 0.6) is 0 Å². The number of hydrogen-bond acceptors (Lipinski definition) is 3. The SMILES string of the molecule is CN(CCC(=O)NC1CC1)c1ccc(C(N)=S)cc1. The second kappa shape index (κ2) is 6.02. The molecule has 5 heteroatoms. The number of nitrogens with one attached hydrogen (secondary N) is 1. The van der Waals surface area contributed by atoms with E-state index in [1.165, 1.54) is 0 Å². The van der Waals surface area contributed by atoms with E-state index in [1.54, 1.807) is 0 Å². The van der Waals surface area contributed by atoms with E-state index in [4.69, 9.17) is 18.0 Å². The molecule has 1 aliphatic rings. The van der Waals surface area contributed by atoms with E-state index in [1.807, 2.05) is 31.3 Å². The van der Waals surface area contributed by atoms with Crippen LogP contribution in [-0.2, 0) is 4.79 Å². The van der Waals surface area contributed by atoms with Crippen LogP contribution in [0.2, 0.25) is 0 Å². The number of anilines is 1. The molecule has 0 atom stereocenters. The van der Waals surface area contributed by atoms with Gasteiger partial charge in [0.15, 0.2) is 0 Å². The number of hydrogen-bond donors (Lipinski definition) is 2. The van der Waals surface area contributed by atoms with Crippen molar-refractivity contribution in [3.63, 3.8) is 0 Å². The lowest BCUT2D eigenvalue weighted by Crippen LogP contribution is -2.30. The standard InChI is InChI=1S/C14H19N3OS/c1-17(9-8-13(18)16-11-4-5-11)12-6-2-10(3-7-12)14(15)19/h2-3,6-7,11H,4-5,8-9H2,1H3,(H2,15,19)(H,16,18). The minimum absolute atomic E-state index is 0.133. The Morgan fingerprint density at radius 2 is 2.05 bits per heavy atom. The number of thiocarbonyl (C=S) groups is 1. The third-order valence-electron chi connectivity index (χ3n) is 3.21. The van der Waals surface area contributed by atoms with Gasteiger partial charge in [-0.05, 0) is 37.1 Å². The van der Waals surface area contributed by atoms with Crippen LogP contribution in [0.4, 0.5) is 5.69 Å². The fourth-order valence-corrected chi connectivity index (χ4v) is 1.94. The zero-order valence-corrected chi connectivity index (χ0v) is 11.9. The number of benzene rings is 1. The fraction of sp³-hybridized carbons (Fsp3) is 0.429. The molecule has 1 aliphatic carbocycles. The first-order valence-electron chi connectivity index (χ1n) is 6.46. The average Bonchev–Trinajstić information content (AvgIpc) is 3.20. The number of rotatable bonds is 6. The molecular formula is C14H19N3OS.